The predicted molar refractivity (Wildman–Crippen MR) is 174 cm³/mol. The lowest BCUT2D eigenvalue weighted by molar-refractivity contribution is -0.148. The van der Waals surface area contributed by atoms with Crippen molar-refractivity contribution in [3.8, 4) is 0 Å². The van der Waals surface area contributed by atoms with Crippen LogP contribution in [-0.2, 0) is 41.7 Å². The molecular formula is C37H53NO6. The number of nitrogens with one attached hydrogen (secondary N) is 1. The highest BCUT2D eigenvalue weighted by Gasteiger charge is 2.28. The van der Waals surface area contributed by atoms with E-state index in [0.29, 0.717) is 12.8 Å². The summed E-state index contributed by atoms with van der Waals surface area (Å²) in [5, 5.41) is 2.76. The quantitative estimate of drug-likeness (QED) is 0.0971. The van der Waals surface area contributed by atoms with Gasteiger partial charge in [0.2, 0.25) is 5.91 Å². The van der Waals surface area contributed by atoms with E-state index in [-0.39, 0.29) is 31.7 Å². The summed E-state index contributed by atoms with van der Waals surface area (Å²) in [6.45, 7) is 2.37. The molecule has 0 radical (unpaired) electrons. The Morgan fingerprint density at radius 3 is 1.82 bits per heavy atom. The smallest absolute Gasteiger partial charge is 0.328 e. The number of Topliss-reactive ketones (excluding diaryl/α,β-unsaturated/α-hetero) is 1. The minimum atomic E-state index is -1.02. The molecule has 0 heterocycles. The summed E-state index contributed by atoms with van der Waals surface area (Å²) in [7, 11) is 1.24. The van der Waals surface area contributed by atoms with E-state index in [0.717, 1.165) is 30.4 Å². The minimum Gasteiger partial charge on any atom is -0.467 e. The molecule has 0 unspecified atom stereocenters. The molecule has 1 amide bonds. The molecule has 0 saturated carbocycles. The number of carbonyl (C=O) groups is 4. The monoisotopic (exact) mass is 607 g/mol. The van der Waals surface area contributed by atoms with E-state index >= 15 is 0 Å². The fourth-order valence-corrected chi connectivity index (χ4v) is 5.27. The van der Waals surface area contributed by atoms with Gasteiger partial charge in [0, 0.05) is 25.2 Å². The predicted octanol–water partition coefficient (Wildman–Crippen LogP) is 7.69. The summed E-state index contributed by atoms with van der Waals surface area (Å²) in [4.78, 5) is 51.3. The number of hydrogen-bond acceptors (Lipinski definition) is 6. The third kappa shape index (κ3) is 16.4. The Labute approximate surface area is 264 Å². The van der Waals surface area contributed by atoms with Crippen molar-refractivity contribution >= 4 is 23.6 Å². The third-order valence-corrected chi connectivity index (χ3v) is 7.91. The van der Waals surface area contributed by atoms with Crippen molar-refractivity contribution in [3.63, 3.8) is 0 Å². The van der Waals surface area contributed by atoms with Crippen LogP contribution in [0.15, 0.2) is 60.7 Å². The molecule has 2 aromatic carbocycles. The van der Waals surface area contributed by atoms with Gasteiger partial charge >= 0.3 is 11.9 Å². The Morgan fingerprint density at radius 1 is 0.705 bits per heavy atom. The number of esters is 2. The lowest BCUT2D eigenvalue weighted by Crippen LogP contribution is -2.45. The zero-order valence-corrected chi connectivity index (χ0v) is 26.9. The van der Waals surface area contributed by atoms with Crippen molar-refractivity contribution in [3.05, 3.63) is 71.8 Å². The Balaban J connectivity index is 1.84. The lowest BCUT2D eigenvalue weighted by atomic mass is 9.91. The molecular weight excluding hydrogens is 554 g/mol. The van der Waals surface area contributed by atoms with Crippen LogP contribution in [-0.4, -0.2) is 36.8 Å². The van der Waals surface area contributed by atoms with Crippen molar-refractivity contribution in [1.29, 1.82) is 0 Å². The van der Waals surface area contributed by atoms with Gasteiger partial charge in [0.05, 0.1) is 7.11 Å². The third-order valence-electron chi connectivity index (χ3n) is 7.91. The first kappa shape index (κ1) is 36.7. The number of ether oxygens (including phenoxy) is 2. The van der Waals surface area contributed by atoms with Crippen LogP contribution < -0.4 is 5.32 Å². The van der Waals surface area contributed by atoms with E-state index in [1.807, 2.05) is 60.7 Å². The fourth-order valence-electron chi connectivity index (χ4n) is 5.27. The molecule has 0 fully saturated rings. The van der Waals surface area contributed by atoms with Gasteiger partial charge in [-0.2, -0.15) is 0 Å². The van der Waals surface area contributed by atoms with Gasteiger partial charge in [0.25, 0.3) is 0 Å². The molecule has 7 nitrogen and oxygen atoms in total. The maximum Gasteiger partial charge on any atom is 0.328 e. The SMILES string of the molecule is CCCCCCCCCCCCCC(=O)C[C@@H](Cc1ccccc1)C(=O)N[C@H](CCC(=O)OCc1ccccc1)C(=O)OC. The van der Waals surface area contributed by atoms with Crippen LogP contribution in [0.3, 0.4) is 0 Å². The van der Waals surface area contributed by atoms with Crippen molar-refractivity contribution in [1.82, 2.24) is 5.32 Å². The number of hydrogen-bond donors (Lipinski definition) is 1. The van der Waals surface area contributed by atoms with Crippen molar-refractivity contribution < 1.29 is 28.7 Å². The Morgan fingerprint density at radius 2 is 1.25 bits per heavy atom. The average Bonchev–Trinajstić information content (AvgIpc) is 3.04. The van der Waals surface area contributed by atoms with Gasteiger partial charge in [0.1, 0.15) is 18.4 Å². The van der Waals surface area contributed by atoms with E-state index in [2.05, 4.69) is 12.2 Å². The molecule has 7 heteroatoms. The first-order valence-corrected chi connectivity index (χ1v) is 16.6. The largest absolute Gasteiger partial charge is 0.467 e. The highest BCUT2D eigenvalue weighted by Crippen LogP contribution is 2.18. The molecule has 1 N–H and O–H groups in total. The van der Waals surface area contributed by atoms with Gasteiger partial charge in [-0.15, -0.1) is 0 Å². The average molecular weight is 608 g/mol. The van der Waals surface area contributed by atoms with E-state index in [1.54, 1.807) is 0 Å². The number of methoxy groups -OCH3 is 1. The van der Waals surface area contributed by atoms with Crippen LogP contribution >= 0.6 is 0 Å². The van der Waals surface area contributed by atoms with Crippen molar-refractivity contribution in [2.75, 3.05) is 7.11 Å². The number of ketones is 1. The van der Waals surface area contributed by atoms with Crippen molar-refractivity contribution in [2.45, 2.75) is 122 Å². The zero-order valence-electron chi connectivity index (χ0n) is 26.9. The summed E-state index contributed by atoms with van der Waals surface area (Å²) in [6.07, 6.45) is 14.2. The number of amides is 1. The molecule has 2 atom stereocenters. The first-order valence-electron chi connectivity index (χ1n) is 16.6. The Bertz CT molecular complexity index is 1090. The number of benzene rings is 2. The molecule has 2 rings (SSSR count). The molecule has 0 aliphatic carbocycles. The van der Waals surface area contributed by atoms with Gasteiger partial charge in [-0.3, -0.25) is 14.4 Å². The van der Waals surface area contributed by atoms with E-state index in [9.17, 15) is 19.2 Å². The molecule has 2 aromatic rings. The van der Waals surface area contributed by atoms with Gasteiger partial charge in [0.15, 0.2) is 0 Å². The molecule has 242 valence electrons. The second kappa shape index (κ2) is 23.0. The molecule has 0 aliphatic heterocycles. The molecule has 0 bridgehead atoms. The first-order chi connectivity index (χ1) is 21.4. The normalized spacial score (nSPS) is 12.2. The molecule has 0 saturated heterocycles. The standard InChI is InChI=1S/C37H53NO6/c1-3-4-5-6-7-8-9-10-11-12-19-24-33(39)28-32(27-30-20-15-13-16-21-30)36(41)38-34(37(42)43-2)25-26-35(40)44-29-31-22-17-14-18-23-31/h13-18,20-23,32,34H,3-12,19,24-29H2,1-2H3,(H,38,41)/t32-,34-/m1/s1. The summed E-state index contributed by atoms with van der Waals surface area (Å²) < 4.78 is 10.2. The Hall–Kier alpha value is -3.48. The van der Waals surface area contributed by atoms with Crippen LogP contribution in [0.25, 0.3) is 0 Å². The molecule has 0 aliphatic rings. The number of carbonyl (C=O) groups excluding carboxylic acids is 4. The van der Waals surface area contributed by atoms with Gasteiger partial charge in [-0.1, -0.05) is 132 Å². The molecule has 0 aromatic heterocycles. The fraction of sp³-hybridized carbons (Fsp3) is 0.568. The summed E-state index contributed by atoms with van der Waals surface area (Å²) in [5.74, 6) is -2.08. The van der Waals surface area contributed by atoms with Crippen LogP contribution in [0.1, 0.15) is 114 Å². The highest BCUT2D eigenvalue weighted by molar-refractivity contribution is 5.90. The maximum absolute atomic E-state index is 13.4. The van der Waals surface area contributed by atoms with E-state index < -0.39 is 29.8 Å². The minimum absolute atomic E-state index is 0.0385. The van der Waals surface area contributed by atoms with Crippen LogP contribution in [0.4, 0.5) is 0 Å². The second-order valence-corrected chi connectivity index (χ2v) is 11.7. The number of rotatable bonds is 24. The summed E-state index contributed by atoms with van der Waals surface area (Å²) in [5.41, 5.74) is 1.80. The van der Waals surface area contributed by atoms with Crippen molar-refractivity contribution in [2.24, 2.45) is 5.92 Å². The lowest BCUT2D eigenvalue weighted by Gasteiger charge is -2.21. The van der Waals surface area contributed by atoms with Crippen LogP contribution in [0, 0.1) is 5.92 Å². The van der Waals surface area contributed by atoms with E-state index in [4.69, 9.17) is 9.47 Å². The van der Waals surface area contributed by atoms with E-state index in [1.165, 1.54) is 58.5 Å². The maximum atomic E-state index is 13.4. The second-order valence-electron chi connectivity index (χ2n) is 11.7. The van der Waals surface area contributed by atoms with Gasteiger partial charge in [-0.05, 0) is 30.4 Å². The van der Waals surface area contributed by atoms with Gasteiger partial charge < -0.3 is 14.8 Å². The highest BCUT2D eigenvalue weighted by atomic mass is 16.5. The van der Waals surface area contributed by atoms with Gasteiger partial charge in [-0.25, -0.2) is 4.79 Å². The van der Waals surface area contributed by atoms with Crippen LogP contribution in [0.5, 0.6) is 0 Å². The number of unbranched alkanes of at least 4 members (excludes halogenated alkanes) is 10. The topological polar surface area (TPSA) is 98.8 Å². The molecule has 44 heavy (non-hydrogen) atoms. The summed E-state index contributed by atoms with van der Waals surface area (Å²) >= 11 is 0. The summed E-state index contributed by atoms with van der Waals surface area (Å²) in [6, 6.07) is 17.9. The Kier molecular flexibility index (Phi) is 19.2. The molecule has 0 spiro atoms. The zero-order chi connectivity index (χ0) is 31.8. The van der Waals surface area contributed by atoms with Crippen LogP contribution in [0.2, 0.25) is 0 Å².